The molecule has 92 valence electrons. The molecular formula is C15H15NO2. The van der Waals surface area contributed by atoms with Crippen molar-refractivity contribution in [3.05, 3.63) is 69.6 Å². The molecule has 0 unspecified atom stereocenters. The van der Waals surface area contributed by atoms with E-state index in [1.165, 1.54) is 10.6 Å². The predicted molar refractivity (Wildman–Crippen MR) is 70.9 cm³/mol. The van der Waals surface area contributed by atoms with Crippen LogP contribution in [0.15, 0.2) is 47.4 Å². The van der Waals surface area contributed by atoms with E-state index in [0.29, 0.717) is 5.56 Å². The Morgan fingerprint density at radius 2 is 1.72 bits per heavy atom. The Kier molecular flexibility index (Phi) is 3.42. The van der Waals surface area contributed by atoms with Crippen LogP contribution in [0.4, 0.5) is 0 Å². The molecule has 3 heteroatoms. The van der Waals surface area contributed by atoms with Gasteiger partial charge in [-0.1, -0.05) is 29.8 Å². The van der Waals surface area contributed by atoms with Crippen LogP contribution in [0.5, 0.6) is 0 Å². The van der Waals surface area contributed by atoms with Crippen molar-refractivity contribution in [3.63, 3.8) is 0 Å². The molecule has 0 N–H and O–H groups in total. The van der Waals surface area contributed by atoms with Crippen molar-refractivity contribution in [2.75, 3.05) is 0 Å². The Labute approximate surface area is 106 Å². The van der Waals surface area contributed by atoms with E-state index in [1.807, 2.05) is 32.0 Å². The number of hydrogen-bond acceptors (Lipinski definition) is 2. The highest BCUT2D eigenvalue weighted by Gasteiger charge is 2.07. The zero-order valence-corrected chi connectivity index (χ0v) is 10.5. The third kappa shape index (κ3) is 2.74. The Hall–Kier alpha value is -2.16. The molecule has 2 aromatic rings. The fraction of sp³-hybridized carbons (Fsp3) is 0.200. The first-order chi connectivity index (χ1) is 8.56. The van der Waals surface area contributed by atoms with Crippen molar-refractivity contribution < 1.29 is 4.79 Å². The number of pyridine rings is 1. The monoisotopic (exact) mass is 241 g/mol. The van der Waals surface area contributed by atoms with E-state index in [0.717, 1.165) is 11.1 Å². The standard InChI is InChI=1S/C15H15NO2/c1-11-3-5-13(6-4-11)14(17)10-16-8-7-12(2)9-15(16)18/h3-9H,10H2,1-2H3. The van der Waals surface area contributed by atoms with Gasteiger partial charge in [0.05, 0.1) is 6.54 Å². The van der Waals surface area contributed by atoms with Crippen LogP contribution in [0.2, 0.25) is 0 Å². The maximum Gasteiger partial charge on any atom is 0.251 e. The van der Waals surface area contributed by atoms with Gasteiger partial charge in [-0.3, -0.25) is 9.59 Å². The quantitative estimate of drug-likeness (QED) is 0.774. The molecule has 3 nitrogen and oxygen atoms in total. The summed E-state index contributed by atoms with van der Waals surface area (Å²) in [5, 5.41) is 0. The van der Waals surface area contributed by atoms with Crippen molar-refractivity contribution in [3.8, 4) is 0 Å². The fourth-order valence-corrected chi connectivity index (χ4v) is 1.72. The molecule has 1 aromatic carbocycles. The molecule has 0 atom stereocenters. The van der Waals surface area contributed by atoms with Crippen LogP contribution in [0.1, 0.15) is 21.5 Å². The topological polar surface area (TPSA) is 39.1 Å². The van der Waals surface area contributed by atoms with Gasteiger partial charge in [0.2, 0.25) is 0 Å². The number of aromatic nitrogens is 1. The summed E-state index contributed by atoms with van der Waals surface area (Å²) in [6.07, 6.45) is 1.66. The molecule has 0 amide bonds. The lowest BCUT2D eigenvalue weighted by molar-refractivity contribution is 0.0971. The maximum absolute atomic E-state index is 12.0. The minimum Gasteiger partial charge on any atom is -0.308 e. The van der Waals surface area contributed by atoms with E-state index < -0.39 is 0 Å². The van der Waals surface area contributed by atoms with Crippen LogP contribution in [-0.2, 0) is 6.54 Å². The molecule has 0 spiro atoms. The Bertz CT molecular complexity index is 624. The molecule has 1 heterocycles. The number of nitrogens with zero attached hydrogens (tertiary/aromatic N) is 1. The number of carbonyl (C=O) groups excluding carboxylic acids is 1. The summed E-state index contributed by atoms with van der Waals surface area (Å²) >= 11 is 0. The Morgan fingerprint density at radius 1 is 1.06 bits per heavy atom. The number of benzene rings is 1. The van der Waals surface area contributed by atoms with Gasteiger partial charge >= 0.3 is 0 Å². The smallest absolute Gasteiger partial charge is 0.251 e. The molecule has 0 saturated heterocycles. The van der Waals surface area contributed by atoms with Crippen LogP contribution in [0, 0.1) is 13.8 Å². The van der Waals surface area contributed by atoms with E-state index in [2.05, 4.69) is 0 Å². The summed E-state index contributed by atoms with van der Waals surface area (Å²) in [5.41, 5.74) is 2.50. The Morgan fingerprint density at radius 3 is 2.33 bits per heavy atom. The van der Waals surface area contributed by atoms with Crippen LogP contribution >= 0.6 is 0 Å². The number of aryl methyl sites for hydroxylation is 2. The zero-order valence-electron chi connectivity index (χ0n) is 10.5. The third-order valence-electron chi connectivity index (χ3n) is 2.84. The van der Waals surface area contributed by atoms with E-state index in [1.54, 1.807) is 18.3 Å². The van der Waals surface area contributed by atoms with Gasteiger partial charge < -0.3 is 4.57 Å². The van der Waals surface area contributed by atoms with Crippen molar-refractivity contribution >= 4 is 5.78 Å². The number of rotatable bonds is 3. The van der Waals surface area contributed by atoms with Crippen molar-refractivity contribution in [1.82, 2.24) is 4.57 Å². The molecule has 0 fully saturated rings. The van der Waals surface area contributed by atoms with Crippen LogP contribution in [0.25, 0.3) is 0 Å². The summed E-state index contributed by atoms with van der Waals surface area (Å²) in [5.74, 6) is -0.0547. The minimum absolute atomic E-state index is 0.0547. The second-order valence-corrected chi connectivity index (χ2v) is 4.46. The van der Waals surface area contributed by atoms with Gasteiger partial charge in [0, 0.05) is 17.8 Å². The number of carbonyl (C=O) groups is 1. The van der Waals surface area contributed by atoms with Crippen LogP contribution < -0.4 is 5.56 Å². The summed E-state index contributed by atoms with van der Waals surface area (Å²) in [7, 11) is 0. The van der Waals surface area contributed by atoms with Crippen molar-refractivity contribution in [2.45, 2.75) is 20.4 Å². The highest BCUT2D eigenvalue weighted by Crippen LogP contribution is 2.05. The minimum atomic E-state index is -0.143. The summed E-state index contributed by atoms with van der Waals surface area (Å²) in [6, 6.07) is 10.7. The van der Waals surface area contributed by atoms with Gasteiger partial charge in [0.15, 0.2) is 5.78 Å². The average molecular weight is 241 g/mol. The van der Waals surface area contributed by atoms with Crippen LogP contribution in [0.3, 0.4) is 0 Å². The first-order valence-electron chi connectivity index (χ1n) is 5.83. The van der Waals surface area contributed by atoms with Gasteiger partial charge in [-0.05, 0) is 25.5 Å². The second-order valence-electron chi connectivity index (χ2n) is 4.46. The van der Waals surface area contributed by atoms with Gasteiger partial charge in [-0.25, -0.2) is 0 Å². The SMILES string of the molecule is Cc1ccc(C(=O)Cn2ccc(C)cc2=O)cc1. The van der Waals surface area contributed by atoms with Crippen LogP contribution in [-0.4, -0.2) is 10.4 Å². The molecule has 0 aliphatic carbocycles. The maximum atomic E-state index is 12.0. The molecule has 0 radical (unpaired) electrons. The summed E-state index contributed by atoms with van der Waals surface area (Å²) in [4.78, 5) is 23.7. The highest BCUT2D eigenvalue weighted by atomic mass is 16.1. The second kappa shape index (κ2) is 5.00. The van der Waals surface area contributed by atoms with E-state index in [9.17, 15) is 9.59 Å². The highest BCUT2D eigenvalue weighted by molar-refractivity contribution is 5.95. The molecule has 0 bridgehead atoms. The van der Waals surface area contributed by atoms with Gasteiger partial charge in [-0.2, -0.15) is 0 Å². The lowest BCUT2D eigenvalue weighted by atomic mass is 10.1. The van der Waals surface area contributed by atoms with Gasteiger partial charge in [0.1, 0.15) is 0 Å². The number of hydrogen-bond donors (Lipinski definition) is 0. The molecule has 0 aliphatic rings. The molecule has 1 aromatic heterocycles. The lowest BCUT2D eigenvalue weighted by Gasteiger charge is -2.05. The van der Waals surface area contributed by atoms with Gasteiger partial charge in [0.25, 0.3) is 5.56 Å². The lowest BCUT2D eigenvalue weighted by Crippen LogP contribution is -2.23. The summed E-state index contributed by atoms with van der Waals surface area (Å²) in [6.45, 7) is 3.91. The fourth-order valence-electron chi connectivity index (χ4n) is 1.72. The summed E-state index contributed by atoms with van der Waals surface area (Å²) < 4.78 is 1.43. The van der Waals surface area contributed by atoms with Crippen molar-refractivity contribution in [2.24, 2.45) is 0 Å². The van der Waals surface area contributed by atoms with E-state index >= 15 is 0 Å². The largest absolute Gasteiger partial charge is 0.308 e. The molecule has 0 saturated carbocycles. The predicted octanol–water partition coefficient (Wildman–Crippen LogP) is 2.35. The molecule has 0 aliphatic heterocycles. The molecule has 18 heavy (non-hydrogen) atoms. The Balaban J connectivity index is 2.21. The average Bonchev–Trinajstić information content (AvgIpc) is 2.33. The number of Topliss-reactive ketones (excluding diaryl/α,β-unsaturated/α-hetero) is 1. The van der Waals surface area contributed by atoms with Crippen molar-refractivity contribution in [1.29, 1.82) is 0 Å². The normalized spacial score (nSPS) is 10.3. The molecular weight excluding hydrogens is 226 g/mol. The van der Waals surface area contributed by atoms with E-state index in [-0.39, 0.29) is 17.9 Å². The van der Waals surface area contributed by atoms with Gasteiger partial charge in [-0.15, -0.1) is 0 Å². The third-order valence-corrected chi connectivity index (χ3v) is 2.84. The number of ketones is 1. The first kappa shape index (κ1) is 12.3. The first-order valence-corrected chi connectivity index (χ1v) is 5.83. The molecule has 2 rings (SSSR count). The van der Waals surface area contributed by atoms with E-state index in [4.69, 9.17) is 0 Å². The zero-order chi connectivity index (χ0) is 13.1.